The predicted octanol–water partition coefficient (Wildman–Crippen LogP) is 7.44. The van der Waals surface area contributed by atoms with Crippen molar-refractivity contribution < 1.29 is 5.11 Å². The third-order valence-corrected chi connectivity index (χ3v) is 7.45. The summed E-state index contributed by atoms with van der Waals surface area (Å²) in [6.07, 6.45) is 4.55. The van der Waals surface area contributed by atoms with E-state index in [1.165, 1.54) is 69.7 Å². The van der Waals surface area contributed by atoms with Crippen molar-refractivity contribution in [1.29, 1.82) is 0 Å². The Morgan fingerprint density at radius 1 is 0.750 bits per heavy atom. The van der Waals surface area contributed by atoms with Crippen molar-refractivity contribution in [2.24, 2.45) is 0 Å². The van der Waals surface area contributed by atoms with Crippen molar-refractivity contribution >= 4 is 34.1 Å². The standard InChI is InChI=1S/C32H32N2O.ClH/c35-27(21-33-26-16-8-9-17-26)22-34-31(25-14-5-2-6-15-25)30(24-12-3-1-4-13-24)29-20-19-23-11-7-10-18-28(23)32(29)34;/h1-7,10-15,18-20,26-27,33,35H,8-9,16-17,21-22H2;1H. The second-order valence-corrected chi connectivity index (χ2v) is 9.79. The van der Waals surface area contributed by atoms with Crippen LogP contribution in [0, 0.1) is 0 Å². The van der Waals surface area contributed by atoms with Crippen LogP contribution in [0.1, 0.15) is 25.7 Å². The molecule has 1 aromatic heterocycles. The van der Waals surface area contributed by atoms with Crippen LogP contribution in [0.2, 0.25) is 0 Å². The van der Waals surface area contributed by atoms with Gasteiger partial charge in [0.25, 0.3) is 0 Å². The van der Waals surface area contributed by atoms with Crippen molar-refractivity contribution in [3.8, 4) is 22.4 Å². The number of aliphatic hydroxyl groups is 1. The van der Waals surface area contributed by atoms with Crippen molar-refractivity contribution in [1.82, 2.24) is 9.88 Å². The van der Waals surface area contributed by atoms with Gasteiger partial charge in [0.05, 0.1) is 23.9 Å². The summed E-state index contributed by atoms with van der Waals surface area (Å²) in [5.74, 6) is 0. The van der Waals surface area contributed by atoms with Crippen molar-refractivity contribution in [3.63, 3.8) is 0 Å². The Morgan fingerprint density at radius 3 is 2.11 bits per heavy atom. The minimum atomic E-state index is -0.476. The molecule has 5 aromatic rings. The number of aliphatic hydroxyl groups excluding tert-OH is 1. The van der Waals surface area contributed by atoms with Gasteiger partial charge in [-0.15, -0.1) is 12.4 Å². The molecule has 0 spiro atoms. The summed E-state index contributed by atoms with van der Waals surface area (Å²) in [6.45, 7) is 1.16. The van der Waals surface area contributed by atoms with Crippen LogP contribution in [0.3, 0.4) is 0 Å². The van der Waals surface area contributed by atoms with Crippen LogP contribution < -0.4 is 5.32 Å². The van der Waals surface area contributed by atoms with Gasteiger partial charge in [-0.05, 0) is 29.4 Å². The van der Waals surface area contributed by atoms with Crippen LogP contribution in [0.15, 0.2) is 97.1 Å². The molecule has 0 aliphatic heterocycles. The van der Waals surface area contributed by atoms with E-state index >= 15 is 0 Å². The van der Waals surface area contributed by atoms with E-state index < -0.39 is 6.10 Å². The molecule has 0 radical (unpaired) electrons. The zero-order valence-electron chi connectivity index (χ0n) is 20.4. The van der Waals surface area contributed by atoms with Gasteiger partial charge in [-0.3, -0.25) is 0 Å². The van der Waals surface area contributed by atoms with Gasteiger partial charge in [0.15, 0.2) is 0 Å². The molecule has 36 heavy (non-hydrogen) atoms. The summed E-state index contributed by atoms with van der Waals surface area (Å²) in [4.78, 5) is 0. The Bertz CT molecular complexity index is 1440. The number of hydrogen-bond donors (Lipinski definition) is 2. The van der Waals surface area contributed by atoms with E-state index in [0.717, 1.165) is 0 Å². The van der Waals surface area contributed by atoms with Crippen LogP contribution >= 0.6 is 12.4 Å². The zero-order valence-corrected chi connectivity index (χ0v) is 21.3. The van der Waals surface area contributed by atoms with E-state index in [-0.39, 0.29) is 12.4 Å². The minimum absolute atomic E-state index is 0. The number of benzene rings is 4. The first kappa shape index (κ1) is 24.6. The molecule has 0 saturated heterocycles. The maximum Gasteiger partial charge on any atom is 0.0843 e. The first-order valence-corrected chi connectivity index (χ1v) is 12.9. The molecule has 1 unspecified atom stereocenters. The van der Waals surface area contributed by atoms with Gasteiger partial charge in [-0.1, -0.05) is 110 Å². The lowest BCUT2D eigenvalue weighted by Gasteiger charge is -2.20. The molecule has 6 rings (SSSR count). The summed E-state index contributed by atoms with van der Waals surface area (Å²) < 4.78 is 2.37. The van der Waals surface area contributed by atoms with Crippen molar-refractivity contribution in [3.05, 3.63) is 97.1 Å². The molecule has 184 valence electrons. The molecule has 3 nitrogen and oxygen atoms in total. The second-order valence-electron chi connectivity index (χ2n) is 9.79. The van der Waals surface area contributed by atoms with Crippen LogP contribution in [-0.4, -0.2) is 28.4 Å². The maximum absolute atomic E-state index is 11.3. The van der Waals surface area contributed by atoms with Crippen molar-refractivity contribution in [2.45, 2.75) is 44.4 Å². The molecule has 1 aliphatic carbocycles. The normalized spacial score (nSPS) is 14.8. The number of aromatic nitrogens is 1. The SMILES string of the molecule is Cl.OC(CNC1CCCC1)Cn1c(-c2ccccc2)c(-c2ccccc2)c2ccc3ccccc3c21. The number of fused-ring (bicyclic) bond motifs is 3. The van der Waals surface area contributed by atoms with Crippen molar-refractivity contribution in [2.75, 3.05) is 6.54 Å². The predicted molar refractivity (Wildman–Crippen MR) is 154 cm³/mol. The molecule has 2 N–H and O–H groups in total. The molecule has 4 aromatic carbocycles. The topological polar surface area (TPSA) is 37.2 Å². The fourth-order valence-corrected chi connectivity index (χ4v) is 5.81. The lowest BCUT2D eigenvalue weighted by Crippen LogP contribution is -2.36. The van der Waals surface area contributed by atoms with E-state index in [1.807, 2.05) is 0 Å². The fraction of sp³-hybridized carbons (Fsp3) is 0.250. The number of rotatable bonds is 7. The Morgan fingerprint density at radius 2 is 1.39 bits per heavy atom. The Kier molecular flexibility index (Phi) is 7.43. The molecule has 1 saturated carbocycles. The number of nitrogens with one attached hydrogen (secondary N) is 1. The first-order chi connectivity index (χ1) is 17.3. The van der Waals surface area contributed by atoms with Gasteiger partial charge in [0.2, 0.25) is 0 Å². The van der Waals surface area contributed by atoms with E-state index in [2.05, 4.69) is 107 Å². The molecule has 0 amide bonds. The minimum Gasteiger partial charge on any atom is -0.390 e. The van der Waals surface area contributed by atoms with Crippen LogP contribution in [0.5, 0.6) is 0 Å². The lowest BCUT2D eigenvalue weighted by molar-refractivity contribution is 0.149. The van der Waals surface area contributed by atoms with Crippen LogP contribution in [-0.2, 0) is 6.54 Å². The summed E-state index contributed by atoms with van der Waals surface area (Å²) in [5, 5.41) is 18.6. The Hall–Kier alpha value is -3.11. The Labute approximate surface area is 219 Å². The summed E-state index contributed by atoms with van der Waals surface area (Å²) in [7, 11) is 0. The zero-order chi connectivity index (χ0) is 23.6. The van der Waals surface area contributed by atoms with Gasteiger partial charge in [0.1, 0.15) is 0 Å². The highest BCUT2D eigenvalue weighted by atomic mass is 35.5. The molecule has 0 bridgehead atoms. The third-order valence-electron chi connectivity index (χ3n) is 7.45. The highest BCUT2D eigenvalue weighted by Crippen LogP contribution is 2.43. The Balaban J connectivity index is 0.00000267. The summed E-state index contributed by atoms with van der Waals surface area (Å²) in [6, 6.07) is 34.9. The largest absolute Gasteiger partial charge is 0.390 e. The average molecular weight is 497 g/mol. The highest BCUT2D eigenvalue weighted by molar-refractivity contribution is 6.15. The number of nitrogens with zero attached hydrogens (tertiary/aromatic N) is 1. The van der Waals surface area contributed by atoms with E-state index in [4.69, 9.17) is 0 Å². The van der Waals surface area contributed by atoms with E-state index in [9.17, 15) is 5.11 Å². The highest BCUT2D eigenvalue weighted by Gasteiger charge is 2.23. The smallest absolute Gasteiger partial charge is 0.0843 e. The first-order valence-electron chi connectivity index (χ1n) is 12.9. The van der Waals surface area contributed by atoms with Gasteiger partial charge in [-0.25, -0.2) is 0 Å². The van der Waals surface area contributed by atoms with Gasteiger partial charge in [0, 0.05) is 28.9 Å². The third kappa shape index (κ3) is 4.67. The fourth-order valence-electron chi connectivity index (χ4n) is 5.81. The van der Waals surface area contributed by atoms with Gasteiger partial charge < -0.3 is 15.0 Å². The number of hydrogen-bond acceptors (Lipinski definition) is 2. The van der Waals surface area contributed by atoms with E-state index in [0.29, 0.717) is 19.1 Å². The van der Waals surface area contributed by atoms with E-state index in [1.54, 1.807) is 0 Å². The molecule has 1 heterocycles. The van der Waals surface area contributed by atoms with Crippen LogP contribution in [0.4, 0.5) is 0 Å². The molecule has 1 atom stereocenters. The number of halogens is 1. The quantitative estimate of drug-likeness (QED) is 0.245. The molecule has 1 aliphatic rings. The van der Waals surface area contributed by atoms with Gasteiger partial charge >= 0.3 is 0 Å². The molecule has 1 fully saturated rings. The maximum atomic E-state index is 11.3. The monoisotopic (exact) mass is 496 g/mol. The lowest BCUT2D eigenvalue weighted by atomic mass is 9.97. The van der Waals surface area contributed by atoms with Crippen LogP contribution in [0.25, 0.3) is 44.1 Å². The molecular weight excluding hydrogens is 464 g/mol. The molecular formula is C32H33ClN2O. The second kappa shape index (κ2) is 10.9. The summed E-state index contributed by atoms with van der Waals surface area (Å²) in [5.41, 5.74) is 5.96. The average Bonchev–Trinajstić information content (AvgIpc) is 3.55. The summed E-state index contributed by atoms with van der Waals surface area (Å²) >= 11 is 0. The molecule has 4 heteroatoms. The van der Waals surface area contributed by atoms with Gasteiger partial charge in [-0.2, -0.15) is 0 Å².